The van der Waals surface area contributed by atoms with Gasteiger partial charge in [0, 0.05) is 24.5 Å². The molecule has 34 heavy (non-hydrogen) atoms. The summed E-state index contributed by atoms with van der Waals surface area (Å²) in [4.78, 5) is 24.5. The lowest BCUT2D eigenvalue weighted by molar-refractivity contribution is 0.0249. The van der Waals surface area contributed by atoms with Gasteiger partial charge in [-0.1, -0.05) is 30.3 Å². The van der Waals surface area contributed by atoms with Crippen molar-refractivity contribution in [1.29, 1.82) is 0 Å². The van der Waals surface area contributed by atoms with Gasteiger partial charge in [-0.25, -0.2) is 18.2 Å². The average molecular weight is 483 g/mol. The quantitative estimate of drug-likeness (QED) is 0.624. The zero-order valence-electron chi connectivity index (χ0n) is 20.3. The second-order valence-electron chi connectivity index (χ2n) is 10.6. The highest BCUT2D eigenvalue weighted by Gasteiger charge is 2.55. The Kier molecular flexibility index (Phi) is 5.72. The molecule has 2 heterocycles. The summed E-state index contributed by atoms with van der Waals surface area (Å²) in [6.45, 7) is 1.40. The number of hydrogen-bond donors (Lipinski definition) is 0. The van der Waals surface area contributed by atoms with Crippen LogP contribution in [0.1, 0.15) is 44.1 Å². The lowest BCUT2D eigenvalue weighted by Gasteiger charge is -2.51. The van der Waals surface area contributed by atoms with Gasteiger partial charge in [0.15, 0.2) is 9.84 Å². The lowest BCUT2D eigenvalue weighted by Crippen LogP contribution is -2.55. The smallest absolute Gasteiger partial charge is 0.317 e. The molecule has 1 aromatic carbocycles. The summed E-state index contributed by atoms with van der Waals surface area (Å²) in [5.41, 5.74) is 1.08. The molecule has 2 aliphatic carbocycles. The Labute approximate surface area is 202 Å². The van der Waals surface area contributed by atoms with E-state index in [9.17, 15) is 13.2 Å². The van der Waals surface area contributed by atoms with Crippen molar-refractivity contribution in [3.8, 4) is 0 Å². The number of carbonyl (C=O) groups is 1. The normalized spacial score (nSPS) is 27.7. The van der Waals surface area contributed by atoms with Crippen LogP contribution in [0.3, 0.4) is 0 Å². The Morgan fingerprint density at radius 3 is 2.24 bits per heavy atom. The van der Waals surface area contributed by atoms with Gasteiger partial charge in [0.05, 0.1) is 17.0 Å². The first kappa shape index (κ1) is 23.3. The van der Waals surface area contributed by atoms with E-state index in [1.807, 2.05) is 0 Å². The third kappa shape index (κ3) is 4.01. The third-order valence-electron chi connectivity index (χ3n) is 8.23. The maximum absolute atomic E-state index is 13.7. The number of amides is 2. The second kappa shape index (κ2) is 8.34. The number of hydrogen-bond acceptors (Lipinski definition) is 5. The molecule has 5 rings (SSSR count). The van der Waals surface area contributed by atoms with E-state index in [1.54, 1.807) is 17.0 Å². The van der Waals surface area contributed by atoms with E-state index in [-0.39, 0.29) is 22.0 Å². The number of anilines is 1. The van der Waals surface area contributed by atoms with Crippen molar-refractivity contribution < 1.29 is 13.2 Å². The molecule has 1 saturated heterocycles. The van der Waals surface area contributed by atoms with Crippen LogP contribution in [0.5, 0.6) is 0 Å². The summed E-state index contributed by atoms with van der Waals surface area (Å²) in [5, 5.41) is 0. The largest absolute Gasteiger partial charge is 0.326 e. The van der Waals surface area contributed by atoms with E-state index in [0.717, 1.165) is 32.2 Å². The molecule has 3 fully saturated rings. The Bertz CT molecular complexity index is 1150. The number of carbonyl (C=O) groups excluding carboxylic acids is 1. The van der Waals surface area contributed by atoms with Crippen LogP contribution in [-0.2, 0) is 15.4 Å². The van der Waals surface area contributed by atoms with Gasteiger partial charge in [0.2, 0.25) is 0 Å². The molecular weight excluding hydrogens is 448 g/mol. The molecule has 2 aromatic rings. The van der Waals surface area contributed by atoms with E-state index >= 15 is 0 Å². The summed E-state index contributed by atoms with van der Waals surface area (Å²) in [6.07, 6.45) is 8.72. The van der Waals surface area contributed by atoms with Crippen molar-refractivity contribution in [3.05, 3.63) is 54.2 Å². The van der Waals surface area contributed by atoms with Gasteiger partial charge in [-0.2, -0.15) is 0 Å². The molecule has 1 aliphatic heterocycles. The summed E-state index contributed by atoms with van der Waals surface area (Å²) >= 11 is 0. The number of sulfone groups is 1. The molecule has 0 unspecified atom stereocenters. The Morgan fingerprint density at radius 2 is 1.71 bits per heavy atom. The van der Waals surface area contributed by atoms with Crippen LogP contribution in [0.25, 0.3) is 0 Å². The van der Waals surface area contributed by atoms with Crippen molar-refractivity contribution in [2.45, 2.75) is 54.5 Å². The first-order chi connectivity index (χ1) is 16.1. The lowest BCUT2D eigenvalue weighted by atomic mass is 9.68. The van der Waals surface area contributed by atoms with Crippen LogP contribution in [-0.4, -0.2) is 68.2 Å². The molecule has 0 radical (unpaired) electrons. The van der Waals surface area contributed by atoms with Crippen LogP contribution >= 0.6 is 0 Å². The molecule has 2 amide bonds. The predicted molar refractivity (Wildman–Crippen MR) is 133 cm³/mol. The fraction of sp³-hybridized carbons (Fsp3) is 0.538. The highest BCUT2D eigenvalue weighted by Crippen LogP contribution is 2.50. The molecule has 1 aromatic heterocycles. The Balaban J connectivity index is 1.44. The zero-order valence-corrected chi connectivity index (χ0v) is 21.1. The van der Waals surface area contributed by atoms with Crippen LogP contribution in [0, 0.1) is 5.92 Å². The topological polar surface area (TPSA) is 73.8 Å². The maximum atomic E-state index is 13.7. The number of rotatable bonds is 6. The van der Waals surface area contributed by atoms with Crippen LogP contribution in [0.4, 0.5) is 10.6 Å². The van der Waals surface area contributed by atoms with Crippen molar-refractivity contribution in [3.63, 3.8) is 0 Å². The highest BCUT2D eigenvalue weighted by atomic mass is 32.2. The van der Waals surface area contributed by atoms with Gasteiger partial charge in [-0.3, -0.25) is 9.80 Å². The van der Waals surface area contributed by atoms with Crippen molar-refractivity contribution >= 4 is 21.7 Å². The first-order valence-electron chi connectivity index (χ1n) is 12.1. The first-order valence-corrected chi connectivity index (χ1v) is 14.0. The third-order valence-corrected chi connectivity index (χ3v) is 9.32. The van der Waals surface area contributed by atoms with Crippen molar-refractivity contribution in [2.75, 3.05) is 38.3 Å². The molecule has 1 spiro atoms. The van der Waals surface area contributed by atoms with Crippen LogP contribution in [0.15, 0.2) is 53.6 Å². The van der Waals surface area contributed by atoms with Crippen LogP contribution < -0.4 is 4.90 Å². The Morgan fingerprint density at radius 1 is 1.03 bits per heavy atom. The second-order valence-corrected chi connectivity index (χ2v) is 12.6. The van der Waals surface area contributed by atoms with Gasteiger partial charge in [-0.05, 0) is 76.2 Å². The Hall–Kier alpha value is -2.45. The van der Waals surface area contributed by atoms with Crippen molar-refractivity contribution in [1.82, 2.24) is 14.8 Å². The van der Waals surface area contributed by atoms with E-state index in [4.69, 9.17) is 0 Å². The number of benzene rings is 1. The average Bonchev–Trinajstić information content (AvgIpc) is 3.61. The number of nitrogens with zero attached hydrogens (tertiary/aromatic N) is 4. The molecule has 3 aliphatic rings. The molecule has 0 atom stereocenters. The number of aromatic nitrogens is 1. The van der Waals surface area contributed by atoms with Gasteiger partial charge in [-0.15, -0.1) is 0 Å². The van der Waals surface area contributed by atoms with Crippen LogP contribution in [0.2, 0.25) is 0 Å². The monoisotopic (exact) mass is 482 g/mol. The summed E-state index contributed by atoms with van der Waals surface area (Å²) in [5.74, 6) is 1.12. The maximum Gasteiger partial charge on any atom is 0.326 e. The highest BCUT2D eigenvalue weighted by molar-refractivity contribution is 7.90. The number of pyridine rings is 1. The van der Waals surface area contributed by atoms with Gasteiger partial charge >= 0.3 is 6.03 Å². The summed E-state index contributed by atoms with van der Waals surface area (Å²) in [6, 6.07) is 13.9. The molecule has 0 N–H and O–H groups in total. The minimum Gasteiger partial charge on any atom is -0.317 e. The molecule has 0 bridgehead atoms. The molecule has 182 valence electrons. The summed E-state index contributed by atoms with van der Waals surface area (Å²) in [7, 11) is 0.988. The zero-order chi connectivity index (χ0) is 24.1. The standard InChI is InChI=1S/C26H34N4O3S/c1-28(2)26(21-7-5-4-6-8-21)15-13-25(14-16-26)19-29(24(31)30(25)18-20-9-10-20)23-12-11-22(17-27-23)34(3,32)33/h4-8,11-12,17,20H,9-10,13-16,18-19H2,1-3H3. The predicted octanol–water partition coefficient (Wildman–Crippen LogP) is 3.91. The minimum absolute atomic E-state index is 0.00331. The molecule has 2 saturated carbocycles. The molecular formula is C26H34N4O3S. The van der Waals surface area contributed by atoms with Gasteiger partial charge < -0.3 is 4.90 Å². The summed E-state index contributed by atoms with van der Waals surface area (Å²) < 4.78 is 23.7. The van der Waals surface area contributed by atoms with E-state index in [2.05, 4.69) is 59.2 Å². The van der Waals surface area contributed by atoms with E-state index in [1.165, 1.54) is 30.9 Å². The van der Waals surface area contributed by atoms with E-state index < -0.39 is 9.84 Å². The fourth-order valence-corrected chi connectivity index (χ4v) is 6.42. The van der Waals surface area contributed by atoms with Gasteiger partial charge in [0.1, 0.15) is 5.82 Å². The molecule has 7 nitrogen and oxygen atoms in total. The van der Waals surface area contributed by atoms with Crippen molar-refractivity contribution in [2.24, 2.45) is 5.92 Å². The number of urea groups is 1. The minimum atomic E-state index is -3.33. The van der Waals surface area contributed by atoms with Gasteiger partial charge in [0.25, 0.3) is 0 Å². The van der Waals surface area contributed by atoms with E-state index in [0.29, 0.717) is 18.3 Å². The fourth-order valence-electron chi connectivity index (χ4n) is 5.86. The SMILES string of the molecule is CN(C)C1(c2ccccc2)CCC2(CC1)CN(c1ccc(S(C)(=O)=O)cn1)C(=O)N2CC1CC1. The molecule has 8 heteroatoms.